The van der Waals surface area contributed by atoms with Gasteiger partial charge in [0.2, 0.25) is 0 Å². The predicted molar refractivity (Wildman–Crippen MR) is 116 cm³/mol. The van der Waals surface area contributed by atoms with Gasteiger partial charge in [0.15, 0.2) is 0 Å². The third-order valence-corrected chi connectivity index (χ3v) is 6.48. The van der Waals surface area contributed by atoms with E-state index in [1.165, 1.54) is 48.8 Å². The fraction of sp³-hybridized carbons (Fsp3) is 0.462. The van der Waals surface area contributed by atoms with Crippen LogP contribution in [0.3, 0.4) is 0 Å². The molecule has 0 aliphatic heterocycles. The molecular weight excluding hydrogens is 342 g/mol. The lowest BCUT2D eigenvalue weighted by molar-refractivity contribution is 0.0343. The number of fused-ring (bicyclic) bond motifs is 1. The Morgan fingerprint density at radius 3 is 2.82 bits per heavy atom. The van der Waals surface area contributed by atoms with Crippen molar-refractivity contribution in [2.75, 3.05) is 13.6 Å². The van der Waals surface area contributed by atoms with Crippen LogP contribution >= 0.6 is 0 Å². The van der Waals surface area contributed by atoms with Crippen LogP contribution in [0.1, 0.15) is 67.2 Å². The summed E-state index contributed by atoms with van der Waals surface area (Å²) in [7, 11) is 2.00. The minimum Gasteiger partial charge on any atom is -0.369 e. The van der Waals surface area contributed by atoms with E-state index in [0.29, 0.717) is 12.5 Å². The highest BCUT2D eigenvalue weighted by Gasteiger charge is 2.28. The maximum atomic E-state index is 6.38. The first-order valence-electron chi connectivity index (χ1n) is 10.9. The fourth-order valence-corrected chi connectivity index (χ4v) is 4.91. The van der Waals surface area contributed by atoms with Crippen molar-refractivity contribution in [3.63, 3.8) is 0 Å². The average Bonchev–Trinajstić information content (AvgIpc) is 3.22. The van der Waals surface area contributed by atoms with E-state index in [2.05, 4.69) is 66.0 Å². The minimum absolute atomic E-state index is 0.135. The summed E-state index contributed by atoms with van der Waals surface area (Å²) in [5, 5.41) is 3.25. The van der Waals surface area contributed by atoms with Gasteiger partial charge in [0.05, 0.1) is 12.7 Å². The molecule has 0 heterocycles. The molecule has 28 heavy (non-hydrogen) atoms. The lowest BCUT2D eigenvalue weighted by Gasteiger charge is -2.26. The van der Waals surface area contributed by atoms with Crippen molar-refractivity contribution in [2.24, 2.45) is 5.92 Å². The van der Waals surface area contributed by atoms with E-state index >= 15 is 0 Å². The predicted octanol–water partition coefficient (Wildman–Crippen LogP) is 6.16. The number of nitrogens with one attached hydrogen (secondary N) is 1. The second kappa shape index (κ2) is 9.54. The Hall–Kier alpha value is -1.90. The molecule has 1 N–H and O–H groups in total. The van der Waals surface area contributed by atoms with Crippen molar-refractivity contribution in [2.45, 2.75) is 57.2 Å². The molecule has 0 amide bonds. The topological polar surface area (TPSA) is 21.3 Å². The summed E-state index contributed by atoms with van der Waals surface area (Å²) in [5.74, 6) is 1.53. The van der Waals surface area contributed by atoms with Crippen LogP contribution in [0.4, 0.5) is 0 Å². The first kappa shape index (κ1) is 19.4. The molecule has 148 valence electrons. The number of ether oxygens (including phenoxy) is 1. The van der Waals surface area contributed by atoms with Gasteiger partial charge < -0.3 is 10.1 Å². The fourth-order valence-electron chi connectivity index (χ4n) is 4.91. The molecule has 0 spiro atoms. The second-order valence-electron chi connectivity index (χ2n) is 8.38. The van der Waals surface area contributed by atoms with Crippen molar-refractivity contribution in [1.82, 2.24) is 5.32 Å². The van der Waals surface area contributed by atoms with E-state index < -0.39 is 0 Å². The van der Waals surface area contributed by atoms with Gasteiger partial charge in [-0.1, -0.05) is 66.2 Å². The van der Waals surface area contributed by atoms with Crippen molar-refractivity contribution >= 4 is 0 Å². The van der Waals surface area contributed by atoms with Crippen LogP contribution in [0.5, 0.6) is 0 Å². The summed E-state index contributed by atoms with van der Waals surface area (Å²) in [6.07, 6.45) is 10.3. The van der Waals surface area contributed by atoms with Crippen molar-refractivity contribution in [1.29, 1.82) is 0 Å². The monoisotopic (exact) mass is 375 g/mol. The van der Waals surface area contributed by atoms with Crippen LogP contribution in [0.25, 0.3) is 0 Å². The largest absolute Gasteiger partial charge is 0.369 e. The molecule has 0 aromatic heterocycles. The van der Waals surface area contributed by atoms with Gasteiger partial charge >= 0.3 is 0 Å². The first-order chi connectivity index (χ1) is 13.8. The molecule has 2 aromatic carbocycles. The summed E-state index contributed by atoms with van der Waals surface area (Å²) in [6.45, 7) is 1.63. The van der Waals surface area contributed by atoms with Crippen molar-refractivity contribution in [3.05, 3.63) is 82.9 Å². The summed E-state index contributed by atoms with van der Waals surface area (Å²) >= 11 is 0. The Bertz CT molecular complexity index is 782. The standard InChI is InChI=1S/C26H33NO/c1-27-16-15-26(22-8-3-2-4-9-22)28-19-20-7-5-11-23(17-20)25-14-13-21-10-6-12-24(21)18-25/h2-5,7-9,11,13,17,24-27H,6,10,12,14-16,18-19H2,1H3/t24?,25?,26-/m1/s1. The highest BCUT2D eigenvalue weighted by Crippen LogP contribution is 2.44. The molecule has 1 saturated carbocycles. The quantitative estimate of drug-likeness (QED) is 0.558. The lowest BCUT2D eigenvalue weighted by atomic mass is 9.79. The van der Waals surface area contributed by atoms with E-state index in [-0.39, 0.29) is 6.10 Å². The molecule has 0 radical (unpaired) electrons. The zero-order chi connectivity index (χ0) is 19.2. The Balaban J connectivity index is 1.41. The number of hydrogen-bond acceptors (Lipinski definition) is 2. The molecule has 2 aliphatic carbocycles. The zero-order valence-electron chi connectivity index (χ0n) is 17.1. The van der Waals surface area contributed by atoms with Gasteiger partial charge in [-0.05, 0) is 80.6 Å². The van der Waals surface area contributed by atoms with Crippen LogP contribution in [0.15, 0.2) is 66.2 Å². The molecule has 2 nitrogen and oxygen atoms in total. The molecule has 2 aromatic rings. The third-order valence-electron chi connectivity index (χ3n) is 6.48. The van der Waals surface area contributed by atoms with E-state index in [4.69, 9.17) is 4.74 Å². The van der Waals surface area contributed by atoms with Crippen molar-refractivity contribution in [3.8, 4) is 0 Å². The maximum absolute atomic E-state index is 6.38. The van der Waals surface area contributed by atoms with E-state index in [9.17, 15) is 0 Å². The third kappa shape index (κ3) is 4.74. The SMILES string of the molecule is CNCC[C@@H](OCc1cccc(C2CC=C3CCCC3C2)c1)c1ccccc1. The van der Waals surface area contributed by atoms with Gasteiger partial charge in [-0.3, -0.25) is 0 Å². The van der Waals surface area contributed by atoms with Gasteiger partial charge in [0.25, 0.3) is 0 Å². The average molecular weight is 376 g/mol. The van der Waals surface area contributed by atoms with Gasteiger partial charge in [0.1, 0.15) is 0 Å². The van der Waals surface area contributed by atoms with Crippen LogP contribution in [-0.2, 0) is 11.3 Å². The number of hydrogen-bond donors (Lipinski definition) is 1. The summed E-state index contributed by atoms with van der Waals surface area (Å²) in [5.41, 5.74) is 5.80. The molecule has 0 bridgehead atoms. The van der Waals surface area contributed by atoms with E-state index in [1.807, 2.05) is 7.05 Å². The number of allylic oxidation sites excluding steroid dienone is 2. The van der Waals surface area contributed by atoms with Crippen LogP contribution in [-0.4, -0.2) is 13.6 Å². The zero-order valence-corrected chi connectivity index (χ0v) is 17.1. The molecule has 2 heteroatoms. The van der Waals surface area contributed by atoms with E-state index in [0.717, 1.165) is 18.9 Å². The Labute approximate surface area is 170 Å². The molecule has 2 aliphatic rings. The summed E-state index contributed by atoms with van der Waals surface area (Å²) in [6, 6.07) is 19.7. The van der Waals surface area contributed by atoms with Gasteiger partial charge in [0, 0.05) is 0 Å². The van der Waals surface area contributed by atoms with Crippen molar-refractivity contribution < 1.29 is 4.74 Å². The minimum atomic E-state index is 0.135. The number of rotatable bonds is 8. The lowest BCUT2D eigenvalue weighted by Crippen LogP contribution is -2.14. The molecule has 3 atom stereocenters. The second-order valence-corrected chi connectivity index (χ2v) is 8.38. The first-order valence-corrected chi connectivity index (χ1v) is 10.9. The van der Waals surface area contributed by atoms with Gasteiger partial charge in [-0.25, -0.2) is 0 Å². The summed E-state index contributed by atoms with van der Waals surface area (Å²) in [4.78, 5) is 0. The van der Waals surface area contributed by atoms with E-state index in [1.54, 1.807) is 5.57 Å². The molecule has 4 rings (SSSR count). The van der Waals surface area contributed by atoms with Crippen LogP contribution in [0, 0.1) is 5.92 Å². The Morgan fingerprint density at radius 2 is 1.96 bits per heavy atom. The highest BCUT2D eigenvalue weighted by atomic mass is 16.5. The Kier molecular flexibility index (Phi) is 6.61. The smallest absolute Gasteiger partial charge is 0.0841 e. The molecule has 2 unspecified atom stereocenters. The maximum Gasteiger partial charge on any atom is 0.0841 e. The van der Waals surface area contributed by atoms with Gasteiger partial charge in [-0.15, -0.1) is 0 Å². The summed E-state index contributed by atoms with van der Waals surface area (Å²) < 4.78 is 6.38. The molecule has 1 fully saturated rings. The normalized spacial score (nSPS) is 22.5. The number of benzene rings is 2. The molecule has 0 saturated heterocycles. The van der Waals surface area contributed by atoms with Crippen LogP contribution in [0.2, 0.25) is 0 Å². The Morgan fingerprint density at radius 1 is 1.07 bits per heavy atom. The molecular formula is C26H33NO. The highest BCUT2D eigenvalue weighted by molar-refractivity contribution is 5.30. The van der Waals surface area contributed by atoms with Gasteiger partial charge in [-0.2, -0.15) is 0 Å². The van der Waals surface area contributed by atoms with Crippen LogP contribution < -0.4 is 5.32 Å².